The van der Waals surface area contributed by atoms with Crippen LogP contribution in [0.25, 0.3) is 0 Å². The first-order valence-corrected chi connectivity index (χ1v) is 4.30. The van der Waals surface area contributed by atoms with Gasteiger partial charge in [0.25, 0.3) is 0 Å². The standard InChI is InChI=1S/C8H12N2O2/c9-7-6(12-8(11)10-7)4-3-5-1-2-5/h5-6H,1-4H2,(H2,9,10,11). The normalized spacial score (nSPS) is 28.5. The van der Waals surface area contributed by atoms with Crippen LogP contribution in [-0.4, -0.2) is 18.0 Å². The Morgan fingerprint density at radius 3 is 2.75 bits per heavy atom. The maximum absolute atomic E-state index is 10.6. The molecule has 0 aromatic rings. The van der Waals surface area contributed by atoms with Crippen LogP contribution in [0.1, 0.15) is 25.7 Å². The summed E-state index contributed by atoms with van der Waals surface area (Å²) in [6, 6.07) is 0. The van der Waals surface area contributed by atoms with Crippen LogP contribution < -0.4 is 5.73 Å². The average Bonchev–Trinajstić information content (AvgIpc) is 2.76. The van der Waals surface area contributed by atoms with E-state index in [1.54, 1.807) is 0 Å². The summed E-state index contributed by atoms with van der Waals surface area (Å²) in [6.07, 6.45) is 3.81. The monoisotopic (exact) mass is 168 g/mol. The van der Waals surface area contributed by atoms with Crippen molar-refractivity contribution >= 4 is 11.9 Å². The summed E-state index contributed by atoms with van der Waals surface area (Å²) in [7, 11) is 0. The van der Waals surface area contributed by atoms with Gasteiger partial charge in [-0.05, 0) is 18.8 Å². The van der Waals surface area contributed by atoms with E-state index in [1.807, 2.05) is 0 Å². The first kappa shape index (κ1) is 7.58. The molecule has 4 nitrogen and oxygen atoms in total. The van der Waals surface area contributed by atoms with Crippen LogP contribution in [-0.2, 0) is 4.74 Å². The molecular weight excluding hydrogens is 156 g/mol. The van der Waals surface area contributed by atoms with Gasteiger partial charge in [0.1, 0.15) is 5.84 Å². The number of hydrogen-bond donors (Lipinski definition) is 1. The highest BCUT2D eigenvalue weighted by molar-refractivity contribution is 5.98. The minimum absolute atomic E-state index is 0.238. The van der Waals surface area contributed by atoms with Crippen LogP contribution in [0.4, 0.5) is 4.79 Å². The average molecular weight is 168 g/mol. The van der Waals surface area contributed by atoms with Gasteiger partial charge >= 0.3 is 6.09 Å². The van der Waals surface area contributed by atoms with Gasteiger partial charge in [0.15, 0.2) is 6.10 Å². The number of carbonyl (C=O) groups excluding carboxylic acids is 1. The third-order valence-corrected chi connectivity index (χ3v) is 2.33. The topological polar surface area (TPSA) is 64.7 Å². The number of aliphatic imine (C=N–C) groups is 1. The highest BCUT2D eigenvalue weighted by Crippen LogP contribution is 2.34. The molecule has 1 fully saturated rings. The summed E-state index contributed by atoms with van der Waals surface area (Å²) in [5, 5.41) is 0. The second-order valence-corrected chi connectivity index (χ2v) is 3.43. The number of nitrogens with two attached hydrogens (primary N) is 1. The lowest BCUT2D eigenvalue weighted by molar-refractivity contribution is 0.143. The molecule has 1 saturated carbocycles. The molecule has 66 valence electrons. The number of hydrogen-bond acceptors (Lipinski definition) is 3. The summed E-state index contributed by atoms with van der Waals surface area (Å²) in [5.74, 6) is 1.19. The zero-order valence-corrected chi connectivity index (χ0v) is 6.82. The molecule has 4 heteroatoms. The molecule has 0 aromatic carbocycles. The molecule has 1 aliphatic carbocycles. The van der Waals surface area contributed by atoms with Crippen molar-refractivity contribution in [1.82, 2.24) is 0 Å². The van der Waals surface area contributed by atoms with E-state index >= 15 is 0 Å². The van der Waals surface area contributed by atoms with Crippen molar-refractivity contribution in [1.29, 1.82) is 0 Å². The summed E-state index contributed by atoms with van der Waals surface area (Å²) in [5.41, 5.74) is 5.48. The van der Waals surface area contributed by atoms with E-state index in [9.17, 15) is 4.79 Å². The maximum atomic E-state index is 10.6. The predicted molar refractivity (Wildman–Crippen MR) is 43.8 cm³/mol. The minimum atomic E-state index is -0.534. The quantitative estimate of drug-likeness (QED) is 0.685. The number of amidine groups is 1. The number of carbonyl (C=O) groups is 1. The summed E-state index contributed by atoms with van der Waals surface area (Å²) in [6.45, 7) is 0. The van der Waals surface area contributed by atoms with Gasteiger partial charge in [0.2, 0.25) is 0 Å². The molecular formula is C8H12N2O2. The Labute approximate surface area is 70.8 Å². The Morgan fingerprint density at radius 2 is 2.25 bits per heavy atom. The minimum Gasteiger partial charge on any atom is -0.436 e. The Morgan fingerprint density at radius 1 is 1.50 bits per heavy atom. The SMILES string of the molecule is NC1=NC(=O)OC1CCC1CC1. The van der Waals surface area contributed by atoms with Crippen LogP contribution in [0.15, 0.2) is 4.99 Å². The summed E-state index contributed by atoms with van der Waals surface area (Å²) < 4.78 is 4.88. The van der Waals surface area contributed by atoms with Gasteiger partial charge in [-0.1, -0.05) is 12.8 Å². The lowest BCUT2D eigenvalue weighted by atomic mass is 10.1. The molecule has 2 aliphatic rings. The van der Waals surface area contributed by atoms with E-state index in [-0.39, 0.29) is 6.10 Å². The molecule has 2 N–H and O–H groups in total. The van der Waals surface area contributed by atoms with Crippen LogP contribution in [0.3, 0.4) is 0 Å². The largest absolute Gasteiger partial charge is 0.436 e. The van der Waals surface area contributed by atoms with Crippen LogP contribution in [0, 0.1) is 5.92 Å². The first-order valence-electron chi connectivity index (χ1n) is 4.30. The fraction of sp³-hybridized carbons (Fsp3) is 0.750. The molecule has 12 heavy (non-hydrogen) atoms. The van der Waals surface area contributed by atoms with Crippen molar-refractivity contribution in [2.45, 2.75) is 31.8 Å². The van der Waals surface area contributed by atoms with Crippen molar-refractivity contribution in [3.8, 4) is 0 Å². The zero-order chi connectivity index (χ0) is 8.55. The van der Waals surface area contributed by atoms with Gasteiger partial charge < -0.3 is 10.5 Å². The Hall–Kier alpha value is -1.06. The van der Waals surface area contributed by atoms with Gasteiger partial charge in [-0.15, -0.1) is 0 Å². The zero-order valence-electron chi connectivity index (χ0n) is 6.82. The van der Waals surface area contributed by atoms with E-state index in [4.69, 9.17) is 10.5 Å². The molecule has 0 radical (unpaired) electrons. The second kappa shape index (κ2) is 2.77. The number of nitrogens with zero attached hydrogens (tertiary/aromatic N) is 1. The fourth-order valence-electron chi connectivity index (χ4n) is 1.39. The number of amides is 1. The molecule has 0 spiro atoms. The Bertz CT molecular complexity index is 233. The lowest BCUT2D eigenvalue weighted by Crippen LogP contribution is -2.26. The van der Waals surface area contributed by atoms with Crippen LogP contribution in [0.2, 0.25) is 0 Å². The van der Waals surface area contributed by atoms with Crippen molar-refractivity contribution in [2.75, 3.05) is 0 Å². The molecule has 1 atom stereocenters. The van der Waals surface area contributed by atoms with Crippen LogP contribution in [0.5, 0.6) is 0 Å². The van der Waals surface area contributed by atoms with Gasteiger partial charge in [-0.25, -0.2) is 4.79 Å². The lowest BCUT2D eigenvalue weighted by Gasteiger charge is -2.07. The van der Waals surface area contributed by atoms with Crippen molar-refractivity contribution in [3.63, 3.8) is 0 Å². The summed E-state index contributed by atoms with van der Waals surface area (Å²) in [4.78, 5) is 14.1. The van der Waals surface area contributed by atoms with E-state index in [0.29, 0.717) is 5.84 Å². The molecule has 0 aromatic heterocycles. The molecule has 1 unspecified atom stereocenters. The van der Waals surface area contributed by atoms with E-state index in [0.717, 1.165) is 18.8 Å². The molecule has 1 heterocycles. The highest BCUT2D eigenvalue weighted by Gasteiger charge is 2.29. The van der Waals surface area contributed by atoms with Gasteiger partial charge in [-0.3, -0.25) is 0 Å². The van der Waals surface area contributed by atoms with E-state index in [1.165, 1.54) is 12.8 Å². The number of cyclic esters (lactones) is 1. The molecule has 1 amide bonds. The highest BCUT2D eigenvalue weighted by atomic mass is 16.6. The maximum Gasteiger partial charge on any atom is 0.436 e. The van der Waals surface area contributed by atoms with Crippen LogP contribution >= 0.6 is 0 Å². The van der Waals surface area contributed by atoms with Gasteiger partial charge in [-0.2, -0.15) is 4.99 Å². The van der Waals surface area contributed by atoms with E-state index in [2.05, 4.69) is 4.99 Å². The predicted octanol–water partition coefficient (Wildman–Crippen LogP) is 1.05. The Kier molecular flexibility index (Phi) is 1.75. The summed E-state index contributed by atoms with van der Waals surface area (Å²) >= 11 is 0. The molecule has 2 rings (SSSR count). The fourth-order valence-corrected chi connectivity index (χ4v) is 1.39. The number of ether oxygens (including phenoxy) is 1. The van der Waals surface area contributed by atoms with Gasteiger partial charge in [0.05, 0.1) is 0 Å². The van der Waals surface area contributed by atoms with Gasteiger partial charge in [0, 0.05) is 0 Å². The second-order valence-electron chi connectivity index (χ2n) is 3.43. The molecule has 1 aliphatic heterocycles. The smallest absolute Gasteiger partial charge is 0.436 e. The molecule has 0 saturated heterocycles. The third-order valence-electron chi connectivity index (χ3n) is 2.33. The van der Waals surface area contributed by atoms with Crippen molar-refractivity contribution < 1.29 is 9.53 Å². The first-order chi connectivity index (χ1) is 5.75. The Balaban J connectivity index is 1.80. The third kappa shape index (κ3) is 1.57. The van der Waals surface area contributed by atoms with Crippen molar-refractivity contribution in [2.24, 2.45) is 16.6 Å². The molecule has 0 bridgehead atoms. The van der Waals surface area contributed by atoms with E-state index < -0.39 is 6.09 Å². The number of rotatable bonds is 3. The van der Waals surface area contributed by atoms with Crippen molar-refractivity contribution in [3.05, 3.63) is 0 Å².